The van der Waals surface area contributed by atoms with E-state index in [4.69, 9.17) is 8.83 Å². The van der Waals surface area contributed by atoms with Gasteiger partial charge in [0.05, 0.1) is 33.1 Å². The first-order valence-electron chi connectivity index (χ1n) is 17.7. The fourth-order valence-corrected chi connectivity index (χ4v) is 8.65. The van der Waals surface area contributed by atoms with Crippen molar-refractivity contribution in [2.45, 2.75) is 0 Å². The van der Waals surface area contributed by atoms with Crippen LogP contribution < -0.4 is 0 Å². The van der Waals surface area contributed by atoms with Gasteiger partial charge in [0.15, 0.2) is 5.58 Å². The molecule has 0 atom stereocenters. The molecule has 12 aromatic rings. The van der Waals surface area contributed by atoms with E-state index in [1.807, 2.05) is 12.1 Å². The van der Waals surface area contributed by atoms with Crippen LogP contribution in [0.1, 0.15) is 0 Å². The normalized spacial score (nSPS) is 12.2. The molecule has 52 heavy (non-hydrogen) atoms. The number of hydrogen-bond donors (Lipinski definition) is 0. The first-order chi connectivity index (χ1) is 25.8. The topological polar surface area (TPSA) is 36.1 Å². The third-order valence-corrected chi connectivity index (χ3v) is 10.9. The van der Waals surface area contributed by atoms with Crippen molar-refractivity contribution in [3.63, 3.8) is 0 Å². The van der Waals surface area contributed by atoms with Crippen molar-refractivity contribution in [2.24, 2.45) is 0 Å². The fraction of sp³-hybridized carbons (Fsp3) is 0. The molecule has 0 radical (unpaired) electrons. The summed E-state index contributed by atoms with van der Waals surface area (Å²) in [6.45, 7) is 0. The van der Waals surface area contributed by atoms with E-state index in [2.05, 4.69) is 167 Å². The van der Waals surface area contributed by atoms with Crippen molar-refractivity contribution in [2.75, 3.05) is 0 Å². The quantitative estimate of drug-likeness (QED) is 0.188. The number of aromatic nitrogens is 2. The monoisotopic (exact) mass is 664 g/mol. The largest absolute Gasteiger partial charge is 0.456 e. The maximum Gasteiger partial charge on any atom is 0.159 e. The van der Waals surface area contributed by atoms with Crippen LogP contribution >= 0.6 is 0 Å². The molecule has 0 unspecified atom stereocenters. The second-order valence-corrected chi connectivity index (χ2v) is 13.7. The van der Waals surface area contributed by atoms with Crippen LogP contribution in [0.5, 0.6) is 0 Å². The summed E-state index contributed by atoms with van der Waals surface area (Å²) in [5.41, 5.74) is 12.7. The highest BCUT2D eigenvalue weighted by Crippen LogP contribution is 2.43. The van der Waals surface area contributed by atoms with Crippen molar-refractivity contribution < 1.29 is 8.83 Å². The van der Waals surface area contributed by atoms with Gasteiger partial charge in [-0.3, -0.25) is 0 Å². The Balaban J connectivity index is 1.08. The van der Waals surface area contributed by atoms with Crippen molar-refractivity contribution in [3.05, 3.63) is 170 Å². The average molecular weight is 665 g/mol. The summed E-state index contributed by atoms with van der Waals surface area (Å²) < 4.78 is 17.9. The zero-order valence-corrected chi connectivity index (χ0v) is 27.9. The summed E-state index contributed by atoms with van der Waals surface area (Å²) in [5, 5.41) is 9.17. The lowest BCUT2D eigenvalue weighted by Gasteiger charge is -2.10. The molecular weight excluding hydrogens is 637 g/mol. The SMILES string of the molecule is c1ccc(-n2c3ccccc3c3cc(-c4ccc5c(c4)c4ccccc4n5-c4cccc5c4oc4c5ccc5oc6ccccc6c54)ccc32)cc1. The first-order valence-corrected chi connectivity index (χ1v) is 17.7. The Morgan fingerprint density at radius 1 is 0.327 bits per heavy atom. The van der Waals surface area contributed by atoms with Crippen molar-refractivity contribution in [1.29, 1.82) is 0 Å². The van der Waals surface area contributed by atoms with E-state index < -0.39 is 0 Å². The maximum absolute atomic E-state index is 6.91. The van der Waals surface area contributed by atoms with E-state index >= 15 is 0 Å². The Hall–Kier alpha value is -7.04. The lowest BCUT2D eigenvalue weighted by molar-refractivity contribution is 0.661. The molecule has 4 heteroatoms. The van der Waals surface area contributed by atoms with Gasteiger partial charge in [-0.25, -0.2) is 0 Å². The molecule has 0 amide bonds. The Bertz CT molecular complexity index is 3410. The van der Waals surface area contributed by atoms with Crippen LogP contribution in [0.15, 0.2) is 179 Å². The van der Waals surface area contributed by atoms with E-state index in [9.17, 15) is 0 Å². The van der Waals surface area contributed by atoms with Crippen LogP contribution in [0.2, 0.25) is 0 Å². The van der Waals surface area contributed by atoms with Gasteiger partial charge >= 0.3 is 0 Å². The molecule has 4 nitrogen and oxygen atoms in total. The van der Waals surface area contributed by atoms with Crippen LogP contribution in [0, 0.1) is 0 Å². The summed E-state index contributed by atoms with van der Waals surface area (Å²) >= 11 is 0. The van der Waals surface area contributed by atoms with Gasteiger partial charge in [-0.2, -0.15) is 0 Å². The third-order valence-electron chi connectivity index (χ3n) is 10.9. The number of fused-ring (bicyclic) bond motifs is 13. The van der Waals surface area contributed by atoms with Gasteiger partial charge in [-0.1, -0.05) is 97.1 Å². The summed E-state index contributed by atoms with van der Waals surface area (Å²) in [5.74, 6) is 0. The van der Waals surface area contributed by atoms with Crippen LogP contribution in [-0.4, -0.2) is 9.13 Å². The van der Waals surface area contributed by atoms with Crippen LogP contribution in [-0.2, 0) is 0 Å². The van der Waals surface area contributed by atoms with E-state index in [0.717, 1.165) is 66.3 Å². The minimum atomic E-state index is 0.835. The molecule has 0 spiro atoms. The first kappa shape index (κ1) is 27.7. The smallest absolute Gasteiger partial charge is 0.159 e. The predicted molar refractivity (Wildman–Crippen MR) is 215 cm³/mol. The van der Waals surface area contributed by atoms with Crippen LogP contribution in [0.4, 0.5) is 0 Å². The summed E-state index contributed by atoms with van der Waals surface area (Å²) in [6.07, 6.45) is 0. The highest BCUT2D eigenvalue weighted by Gasteiger charge is 2.21. The minimum absolute atomic E-state index is 0.835. The van der Waals surface area contributed by atoms with Gasteiger partial charge < -0.3 is 18.0 Å². The highest BCUT2D eigenvalue weighted by molar-refractivity contribution is 6.23. The Morgan fingerprint density at radius 2 is 0.904 bits per heavy atom. The summed E-state index contributed by atoms with van der Waals surface area (Å²) in [7, 11) is 0. The van der Waals surface area contributed by atoms with Crippen molar-refractivity contribution >= 4 is 87.5 Å². The van der Waals surface area contributed by atoms with E-state index in [0.29, 0.717) is 0 Å². The van der Waals surface area contributed by atoms with E-state index in [1.54, 1.807) is 0 Å². The van der Waals surface area contributed by atoms with Gasteiger partial charge in [-0.15, -0.1) is 0 Å². The highest BCUT2D eigenvalue weighted by atomic mass is 16.3. The maximum atomic E-state index is 6.91. The average Bonchev–Trinajstić information content (AvgIpc) is 3.95. The van der Waals surface area contributed by atoms with Crippen LogP contribution in [0.3, 0.4) is 0 Å². The molecule has 0 aliphatic heterocycles. The molecule has 0 aliphatic carbocycles. The lowest BCUT2D eigenvalue weighted by Crippen LogP contribution is -1.94. The summed E-state index contributed by atoms with van der Waals surface area (Å²) in [6, 6.07) is 60.6. The standard InChI is InChI=1S/C48H28N2O2/c1-2-11-31(12-3-1)49-39-17-7-4-13-32(39)37-27-29(21-24-41(37)49)30-22-25-42-38(28-30)33-14-5-8-18-40(33)50(42)43-19-10-16-34-35-23-26-45-46(48(35)52-47(34)43)36-15-6-9-20-44(36)51-45/h1-28H. The van der Waals surface area contributed by atoms with Crippen LogP contribution in [0.25, 0.3) is 110 Å². The molecule has 242 valence electrons. The predicted octanol–water partition coefficient (Wildman–Crippen LogP) is 13.3. The number of rotatable bonds is 3. The molecule has 8 aromatic carbocycles. The van der Waals surface area contributed by atoms with Gasteiger partial charge in [-0.05, 0) is 83.9 Å². The molecular formula is C48H28N2O2. The number of furan rings is 2. The second-order valence-electron chi connectivity index (χ2n) is 13.7. The van der Waals surface area contributed by atoms with Gasteiger partial charge in [0.25, 0.3) is 0 Å². The molecule has 0 N–H and O–H groups in total. The Labute approximate surface area is 296 Å². The van der Waals surface area contributed by atoms with Gasteiger partial charge in [0, 0.05) is 43.4 Å². The summed E-state index contributed by atoms with van der Waals surface area (Å²) in [4.78, 5) is 0. The molecule has 0 saturated carbocycles. The zero-order chi connectivity index (χ0) is 33.9. The minimum Gasteiger partial charge on any atom is -0.456 e. The zero-order valence-electron chi connectivity index (χ0n) is 27.9. The van der Waals surface area contributed by atoms with E-state index in [-0.39, 0.29) is 0 Å². The molecule has 0 aliphatic rings. The molecule has 4 heterocycles. The van der Waals surface area contributed by atoms with Crippen molar-refractivity contribution in [3.8, 4) is 22.5 Å². The van der Waals surface area contributed by atoms with Gasteiger partial charge in [0.2, 0.25) is 0 Å². The number of nitrogens with zero attached hydrogens (tertiary/aromatic N) is 2. The van der Waals surface area contributed by atoms with Crippen molar-refractivity contribution in [1.82, 2.24) is 9.13 Å². The number of para-hydroxylation sites is 5. The third kappa shape index (κ3) is 3.70. The number of hydrogen-bond acceptors (Lipinski definition) is 2. The molecule has 0 fully saturated rings. The Kier molecular flexibility index (Phi) is 5.47. The number of benzene rings is 8. The van der Waals surface area contributed by atoms with Gasteiger partial charge in [0.1, 0.15) is 16.7 Å². The lowest BCUT2D eigenvalue weighted by atomic mass is 10.0. The fourth-order valence-electron chi connectivity index (χ4n) is 8.65. The molecule has 0 saturated heterocycles. The Morgan fingerprint density at radius 3 is 1.65 bits per heavy atom. The van der Waals surface area contributed by atoms with E-state index in [1.165, 1.54) is 43.7 Å². The second kappa shape index (κ2) is 10.3. The molecule has 0 bridgehead atoms. The molecule has 4 aromatic heterocycles. The molecule has 12 rings (SSSR count).